The number of hydrogen-bond acceptors (Lipinski definition) is 2. The first kappa shape index (κ1) is 19.2. The fraction of sp³-hybridized carbons (Fsp3) is 0.562. The topological polar surface area (TPSA) is 33.1 Å². The Labute approximate surface area is 113 Å². The Morgan fingerprint density at radius 3 is 1.83 bits per heavy atom. The van der Waals surface area contributed by atoms with Crippen LogP contribution in [0.25, 0.3) is 0 Å². The van der Waals surface area contributed by atoms with Gasteiger partial charge in [0.15, 0.2) is 0 Å². The Kier molecular flexibility index (Phi) is 10.5. The molecule has 0 aliphatic carbocycles. The summed E-state index contributed by atoms with van der Waals surface area (Å²) in [5, 5.41) is 6.50. The molecule has 1 aromatic carbocycles. The molecule has 1 aromatic rings. The molecule has 104 valence electrons. The third-order valence-electron chi connectivity index (χ3n) is 2.30. The second-order valence-electron chi connectivity index (χ2n) is 4.53. The third kappa shape index (κ3) is 8.02. The Balaban J connectivity index is 0. The van der Waals surface area contributed by atoms with Crippen molar-refractivity contribution < 1.29 is 4.74 Å². The molecule has 1 rings (SSSR count). The molecule has 0 amide bonds. The average Bonchev–Trinajstić information content (AvgIpc) is 2.31. The first-order valence-electron chi connectivity index (χ1n) is 6.44. The van der Waals surface area contributed by atoms with Crippen LogP contribution in [0.3, 0.4) is 0 Å². The molecule has 2 heteroatoms. The van der Waals surface area contributed by atoms with Crippen LogP contribution in [0.5, 0.6) is 0 Å². The molecule has 0 fully saturated rings. The number of methoxy groups -OCH3 is 1. The van der Waals surface area contributed by atoms with E-state index in [1.807, 2.05) is 26.0 Å². The number of benzene rings is 1. The van der Waals surface area contributed by atoms with Gasteiger partial charge in [0.05, 0.1) is 5.60 Å². The Morgan fingerprint density at radius 2 is 1.50 bits per heavy atom. The van der Waals surface area contributed by atoms with E-state index in [4.69, 9.17) is 10.1 Å². The molecule has 0 aliphatic heterocycles. The second kappa shape index (κ2) is 9.84. The van der Waals surface area contributed by atoms with Gasteiger partial charge in [-0.2, -0.15) is 0 Å². The molecule has 2 nitrogen and oxygen atoms in total. The van der Waals surface area contributed by atoms with E-state index in [-0.39, 0.29) is 5.60 Å². The van der Waals surface area contributed by atoms with Crippen LogP contribution in [0.2, 0.25) is 0 Å². The Morgan fingerprint density at radius 1 is 1.11 bits per heavy atom. The van der Waals surface area contributed by atoms with Gasteiger partial charge < -0.3 is 10.1 Å². The normalized spacial score (nSPS) is 9.56. The van der Waals surface area contributed by atoms with Crippen molar-refractivity contribution in [2.45, 2.75) is 54.1 Å². The summed E-state index contributed by atoms with van der Waals surface area (Å²) in [4.78, 5) is 0. The lowest BCUT2D eigenvalue weighted by Crippen LogP contribution is -2.20. The van der Waals surface area contributed by atoms with Crippen LogP contribution >= 0.6 is 0 Å². The molecule has 0 bridgehead atoms. The van der Waals surface area contributed by atoms with Gasteiger partial charge >= 0.3 is 0 Å². The van der Waals surface area contributed by atoms with Crippen LogP contribution in [0.1, 0.15) is 52.7 Å². The number of ether oxygens (including phenoxy) is 1. The fourth-order valence-electron chi connectivity index (χ4n) is 1.36. The summed E-state index contributed by atoms with van der Waals surface area (Å²) in [5.74, 6) is 0. The van der Waals surface area contributed by atoms with E-state index in [0.717, 1.165) is 0 Å². The van der Waals surface area contributed by atoms with Crippen molar-refractivity contribution in [1.29, 1.82) is 5.41 Å². The summed E-state index contributed by atoms with van der Waals surface area (Å²) in [6.45, 7) is 13.8. The van der Waals surface area contributed by atoms with Crippen molar-refractivity contribution in [3.63, 3.8) is 0 Å². The lowest BCUT2D eigenvalue weighted by Gasteiger charge is -2.25. The molecule has 0 spiro atoms. The van der Waals surface area contributed by atoms with Gasteiger partial charge in [0.1, 0.15) is 0 Å². The van der Waals surface area contributed by atoms with Gasteiger partial charge in [-0.3, -0.25) is 0 Å². The molecule has 0 heterocycles. The van der Waals surface area contributed by atoms with Gasteiger partial charge in [0.2, 0.25) is 0 Å². The first-order chi connectivity index (χ1) is 8.31. The Bertz CT molecular complexity index is 339. The van der Waals surface area contributed by atoms with Crippen molar-refractivity contribution in [3.8, 4) is 0 Å². The summed E-state index contributed by atoms with van der Waals surface area (Å²) in [5.41, 5.74) is 3.03. The minimum Gasteiger partial charge on any atom is -0.374 e. The summed E-state index contributed by atoms with van der Waals surface area (Å²) in [6.07, 6.45) is 0. The van der Waals surface area contributed by atoms with E-state index in [9.17, 15) is 0 Å². The van der Waals surface area contributed by atoms with E-state index < -0.39 is 0 Å². The van der Waals surface area contributed by atoms with Crippen LogP contribution in [0.15, 0.2) is 24.3 Å². The quantitative estimate of drug-likeness (QED) is 0.741. The van der Waals surface area contributed by atoms with E-state index >= 15 is 0 Å². The van der Waals surface area contributed by atoms with E-state index in [1.165, 1.54) is 11.1 Å². The van der Waals surface area contributed by atoms with Crippen LogP contribution in [-0.4, -0.2) is 12.8 Å². The molecular weight excluding hydrogens is 222 g/mol. The monoisotopic (exact) mass is 251 g/mol. The van der Waals surface area contributed by atoms with Crippen LogP contribution in [0, 0.1) is 12.3 Å². The fourth-order valence-corrected chi connectivity index (χ4v) is 1.36. The van der Waals surface area contributed by atoms with Gasteiger partial charge in [0, 0.05) is 12.8 Å². The molecule has 0 aromatic heterocycles. The van der Waals surface area contributed by atoms with Gasteiger partial charge in [-0.05, 0) is 45.7 Å². The minimum absolute atomic E-state index is 0.175. The molecule has 0 atom stereocenters. The highest BCUT2D eigenvalue weighted by atomic mass is 16.5. The van der Waals surface area contributed by atoms with Crippen LogP contribution in [0.4, 0.5) is 0 Å². The number of rotatable bonds is 2. The molecule has 0 radical (unpaired) electrons. The zero-order valence-electron chi connectivity index (χ0n) is 13.2. The minimum atomic E-state index is -0.175. The lowest BCUT2D eigenvalue weighted by molar-refractivity contribution is 0.0187. The third-order valence-corrected chi connectivity index (χ3v) is 2.30. The maximum Gasteiger partial charge on any atom is 0.0874 e. The zero-order valence-corrected chi connectivity index (χ0v) is 13.2. The van der Waals surface area contributed by atoms with Gasteiger partial charge in [-0.1, -0.05) is 38.1 Å². The molecule has 0 unspecified atom stereocenters. The SMILES string of the molecule is CC.CC(C)=N.COC(C)(C)c1ccccc1C. The summed E-state index contributed by atoms with van der Waals surface area (Å²) >= 11 is 0. The highest BCUT2D eigenvalue weighted by Gasteiger charge is 2.20. The van der Waals surface area contributed by atoms with Gasteiger partial charge in [-0.25, -0.2) is 0 Å². The average molecular weight is 251 g/mol. The van der Waals surface area contributed by atoms with Crippen LogP contribution < -0.4 is 0 Å². The molecule has 0 aliphatic rings. The van der Waals surface area contributed by atoms with Crippen LogP contribution in [-0.2, 0) is 10.3 Å². The summed E-state index contributed by atoms with van der Waals surface area (Å²) < 4.78 is 5.40. The maximum absolute atomic E-state index is 6.50. The van der Waals surface area contributed by atoms with Gasteiger partial charge in [0.25, 0.3) is 0 Å². The van der Waals surface area contributed by atoms with E-state index in [1.54, 1.807) is 21.0 Å². The standard InChI is InChI=1S/C11H16O.C3H7N.C2H6/c1-9-7-5-6-8-10(9)11(2,3)12-4;1-3(2)4;1-2/h5-8H,1-4H3;4H,1-2H3;1-2H3. The van der Waals surface area contributed by atoms with Crippen molar-refractivity contribution >= 4 is 5.71 Å². The van der Waals surface area contributed by atoms with E-state index in [2.05, 4.69) is 32.9 Å². The number of hydrogen-bond donors (Lipinski definition) is 1. The predicted molar refractivity (Wildman–Crippen MR) is 81.6 cm³/mol. The van der Waals surface area contributed by atoms with Crippen molar-refractivity contribution in [2.75, 3.05) is 7.11 Å². The maximum atomic E-state index is 6.50. The molecule has 1 N–H and O–H groups in total. The van der Waals surface area contributed by atoms with Crippen molar-refractivity contribution in [1.82, 2.24) is 0 Å². The molecule has 18 heavy (non-hydrogen) atoms. The molecular formula is C16H29NO. The lowest BCUT2D eigenvalue weighted by atomic mass is 9.94. The van der Waals surface area contributed by atoms with Gasteiger partial charge in [-0.15, -0.1) is 0 Å². The second-order valence-corrected chi connectivity index (χ2v) is 4.53. The summed E-state index contributed by atoms with van der Waals surface area (Å²) in [7, 11) is 1.74. The number of nitrogens with one attached hydrogen (secondary N) is 1. The highest BCUT2D eigenvalue weighted by molar-refractivity contribution is 5.75. The zero-order chi connectivity index (χ0) is 14.8. The molecule has 0 saturated heterocycles. The largest absolute Gasteiger partial charge is 0.374 e. The van der Waals surface area contributed by atoms with E-state index in [0.29, 0.717) is 5.71 Å². The predicted octanol–water partition coefficient (Wildman–Crippen LogP) is 4.95. The Hall–Kier alpha value is -1.15. The first-order valence-corrected chi connectivity index (χ1v) is 6.44. The smallest absolute Gasteiger partial charge is 0.0874 e. The van der Waals surface area contributed by atoms with Crippen molar-refractivity contribution in [2.24, 2.45) is 0 Å². The summed E-state index contributed by atoms with van der Waals surface area (Å²) in [6, 6.07) is 8.31. The van der Waals surface area contributed by atoms with Crippen molar-refractivity contribution in [3.05, 3.63) is 35.4 Å². The molecule has 0 saturated carbocycles. The number of aryl methyl sites for hydroxylation is 1. The highest BCUT2D eigenvalue weighted by Crippen LogP contribution is 2.26.